The Morgan fingerprint density at radius 3 is 2.49 bits per heavy atom. The first-order valence-corrected chi connectivity index (χ1v) is 12.8. The lowest BCUT2D eigenvalue weighted by Crippen LogP contribution is -2.37. The van der Waals surface area contributed by atoms with E-state index in [4.69, 9.17) is 15.1 Å². The lowest BCUT2D eigenvalue weighted by molar-refractivity contribution is -0.137. The highest BCUT2D eigenvalue weighted by molar-refractivity contribution is 5.97. The second kappa shape index (κ2) is 10.9. The molecule has 8 heteroatoms. The van der Waals surface area contributed by atoms with Gasteiger partial charge in [0, 0.05) is 43.9 Å². The van der Waals surface area contributed by atoms with Crippen LogP contribution >= 0.6 is 0 Å². The third-order valence-electron chi connectivity index (χ3n) is 7.07. The number of carboxylic acids is 1. The molecular formula is C29H31N5O3. The lowest BCUT2D eigenvalue weighted by Gasteiger charge is -2.32. The van der Waals surface area contributed by atoms with Crippen LogP contribution in [0.25, 0.3) is 22.3 Å². The minimum atomic E-state index is -0.798. The summed E-state index contributed by atoms with van der Waals surface area (Å²) in [6.07, 6.45) is 7.56. The van der Waals surface area contributed by atoms with Crippen LogP contribution in [0.15, 0.2) is 60.9 Å². The van der Waals surface area contributed by atoms with E-state index in [1.54, 1.807) is 10.9 Å². The summed E-state index contributed by atoms with van der Waals surface area (Å²) in [6, 6.07) is 16.1. The number of piperidine rings is 1. The molecule has 4 aromatic rings. The predicted molar refractivity (Wildman–Crippen MR) is 141 cm³/mol. The Labute approximate surface area is 216 Å². The van der Waals surface area contributed by atoms with Crippen molar-refractivity contribution in [3.63, 3.8) is 0 Å². The summed E-state index contributed by atoms with van der Waals surface area (Å²) >= 11 is 0. The number of aliphatic carboxylic acids is 1. The van der Waals surface area contributed by atoms with Crippen LogP contribution in [0, 0.1) is 0 Å². The fourth-order valence-corrected chi connectivity index (χ4v) is 5.07. The number of aromatic nitrogens is 4. The number of carbonyl (C=O) groups excluding carboxylic acids is 1. The highest BCUT2D eigenvalue weighted by atomic mass is 16.4. The maximum atomic E-state index is 13.3. The van der Waals surface area contributed by atoms with E-state index in [9.17, 15) is 9.59 Å². The van der Waals surface area contributed by atoms with Crippen molar-refractivity contribution in [3.05, 3.63) is 77.7 Å². The van der Waals surface area contributed by atoms with E-state index in [-0.39, 0.29) is 12.3 Å². The highest BCUT2D eigenvalue weighted by Gasteiger charge is 2.25. The number of carbonyl (C=O) groups is 2. The van der Waals surface area contributed by atoms with Crippen LogP contribution < -0.4 is 0 Å². The van der Waals surface area contributed by atoms with Crippen LogP contribution in [-0.4, -0.2) is 54.7 Å². The summed E-state index contributed by atoms with van der Waals surface area (Å²) in [5.74, 6) is -0.287. The number of amides is 1. The number of nitrogens with zero attached hydrogens (tertiary/aromatic N) is 5. The van der Waals surface area contributed by atoms with E-state index in [1.165, 1.54) is 5.56 Å². The molecule has 37 heavy (non-hydrogen) atoms. The summed E-state index contributed by atoms with van der Waals surface area (Å²) in [5.41, 5.74) is 5.75. The average Bonchev–Trinajstić information content (AvgIpc) is 3.36. The van der Waals surface area contributed by atoms with Crippen molar-refractivity contribution < 1.29 is 14.7 Å². The van der Waals surface area contributed by atoms with Gasteiger partial charge in [0.05, 0.1) is 28.6 Å². The molecule has 1 aliphatic rings. The first-order chi connectivity index (χ1) is 18.0. The van der Waals surface area contributed by atoms with E-state index in [1.807, 2.05) is 42.4 Å². The molecule has 0 radical (unpaired) electrons. The first kappa shape index (κ1) is 24.6. The van der Waals surface area contributed by atoms with Gasteiger partial charge in [-0.3, -0.25) is 14.3 Å². The van der Waals surface area contributed by atoms with Crippen LogP contribution in [0.5, 0.6) is 0 Å². The number of carboxylic acid groups (broad SMARTS) is 1. The van der Waals surface area contributed by atoms with Gasteiger partial charge in [-0.2, -0.15) is 5.10 Å². The molecule has 1 fully saturated rings. The van der Waals surface area contributed by atoms with Gasteiger partial charge in [0.1, 0.15) is 0 Å². The number of likely N-dealkylation sites (tertiary alicyclic amines) is 1. The van der Waals surface area contributed by atoms with E-state index in [0.717, 1.165) is 42.9 Å². The fourth-order valence-electron chi connectivity index (χ4n) is 5.07. The predicted octanol–water partition coefficient (Wildman–Crippen LogP) is 4.85. The number of benzene rings is 2. The highest BCUT2D eigenvalue weighted by Crippen LogP contribution is 2.29. The molecular weight excluding hydrogens is 466 g/mol. The third-order valence-corrected chi connectivity index (χ3v) is 7.07. The lowest BCUT2D eigenvalue weighted by atomic mass is 9.89. The number of hydrogen-bond acceptors (Lipinski definition) is 5. The Morgan fingerprint density at radius 2 is 1.78 bits per heavy atom. The number of unbranched alkanes of at least 4 members (excludes halogenated alkanes) is 1. The zero-order valence-corrected chi connectivity index (χ0v) is 21.0. The topological polar surface area (TPSA) is 101 Å². The Morgan fingerprint density at radius 1 is 1.00 bits per heavy atom. The van der Waals surface area contributed by atoms with Crippen molar-refractivity contribution in [3.8, 4) is 11.3 Å². The number of aryl methyl sites for hydroxylation is 2. The van der Waals surface area contributed by atoms with Gasteiger partial charge >= 0.3 is 5.97 Å². The Bertz CT molecular complexity index is 1410. The Hall–Kier alpha value is -4.07. The Balaban J connectivity index is 1.36. The largest absolute Gasteiger partial charge is 0.481 e. The molecule has 0 atom stereocenters. The number of rotatable bonds is 8. The molecule has 5 rings (SSSR count). The van der Waals surface area contributed by atoms with Crippen molar-refractivity contribution >= 4 is 22.9 Å². The Kier molecular flexibility index (Phi) is 7.25. The maximum absolute atomic E-state index is 13.3. The first-order valence-electron chi connectivity index (χ1n) is 12.8. The zero-order valence-electron chi connectivity index (χ0n) is 21.0. The van der Waals surface area contributed by atoms with E-state index < -0.39 is 5.97 Å². The van der Waals surface area contributed by atoms with Gasteiger partial charge in [0.25, 0.3) is 5.91 Å². The van der Waals surface area contributed by atoms with Crippen LogP contribution in [0.1, 0.15) is 59.6 Å². The van der Waals surface area contributed by atoms with Gasteiger partial charge in [0.15, 0.2) is 0 Å². The van der Waals surface area contributed by atoms with E-state index in [2.05, 4.69) is 29.4 Å². The molecule has 0 spiro atoms. The zero-order chi connectivity index (χ0) is 25.8. The van der Waals surface area contributed by atoms with Crippen molar-refractivity contribution in [1.82, 2.24) is 24.6 Å². The van der Waals surface area contributed by atoms with Gasteiger partial charge in [-0.05, 0) is 61.8 Å². The monoisotopic (exact) mass is 497 g/mol. The van der Waals surface area contributed by atoms with Gasteiger partial charge in [-0.25, -0.2) is 9.97 Å². The molecule has 1 aliphatic heterocycles. The quantitative estimate of drug-likeness (QED) is 0.349. The molecule has 8 nitrogen and oxygen atoms in total. The molecule has 2 aromatic heterocycles. The second-order valence-electron chi connectivity index (χ2n) is 9.70. The van der Waals surface area contributed by atoms with Gasteiger partial charge in [0.2, 0.25) is 0 Å². The van der Waals surface area contributed by atoms with Crippen LogP contribution in [0.2, 0.25) is 0 Å². The summed E-state index contributed by atoms with van der Waals surface area (Å²) in [5, 5.41) is 13.2. The summed E-state index contributed by atoms with van der Waals surface area (Å²) in [7, 11) is 1.85. The molecule has 1 saturated heterocycles. The molecule has 0 saturated carbocycles. The van der Waals surface area contributed by atoms with Crippen LogP contribution in [0.4, 0.5) is 0 Å². The summed E-state index contributed by atoms with van der Waals surface area (Å²) in [6.45, 7) is 1.47. The molecule has 2 aromatic carbocycles. The van der Waals surface area contributed by atoms with Gasteiger partial charge < -0.3 is 10.0 Å². The molecule has 190 valence electrons. The minimum Gasteiger partial charge on any atom is -0.481 e. The molecule has 0 bridgehead atoms. The minimum absolute atomic E-state index is 0.0227. The van der Waals surface area contributed by atoms with Crippen LogP contribution in [0.3, 0.4) is 0 Å². The summed E-state index contributed by atoms with van der Waals surface area (Å²) < 4.78 is 1.72. The van der Waals surface area contributed by atoms with Gasteiger partial charge in [-0.15, -0.1) is 0 Å². The van der Waals surface area contributed by atoms with E-state index in [0.29, 0.717) is 41.8 Å². The second-order valence-corrected chi connectivity index (χ2v) is 9.70. The molecule has 1 N–H and O–H groups in total. The van der Waals surface area contributed by atoms with Crippen molar-refractivity contribution in [2.75, 3.05) is 13.1 Å². The average molecular weight is 498 g/mol. The van der Waals surface area contributed by atoms with Crippen molar-refractivity contribution in [1.29, 1.82) is 0 Å². The maximum Gasteiger partial charge on any atom is 0.303 e. The smallest absolute Gasteiger partial charge is 0.303 e. The molecule has 0 aliphatic carbocycles. The standard InChI is InChI=1S/C29H31N5O3/c1-33-19-23(18-30-33)28-25(9-5-6-10-27(35)36)31-26-17-22(11-12-24(26)32-28)29(37)34-15-13-21(14-16-34)20-7-3-2-4-8-20/h2-4,7-8,11-12,17-19,21H,5-6,9-10,13-16H2,1H3,(H,35,36). The normalized spacial score (nSPS) is 14.2. The van der Waals surface area contributed by atoms with Crippen molar-refractivity contribution in [2.45, 2.75) is 44.4 Å². The van der Waals surface area contributed by atoms with Crippen molar-refractivity contribution in [2.24, 2.45) is 7.05 Å². The van der Waals surface area contributed by atoms with Crippen LogP contribution in [-0.2, 0) is 18.3 Å². The SMILES string of the molecule is Cn1cc(-c2nc3ccc(C(=O)N4CCC(c5ccccc5)CC4)cc3nc2CCCCC(=O)O)cn1. The molecule has 0 unspecified atom stereocenters. The van der Waals surface area contributed by atoms with Gasteiger partial charge in [-0.1, -0.05) is 30.3 Å². The number of fused-ring (bicyclic) bond motifs is 1. The van der Waals surface area contributed by atoms with E-state index >= 15 is 0 Å². The fraction of sp³-hybridized carbons (Fsp3) is 0.345. The molecule has 1 amide bonds. The number of hydrogen-bond donors (Lipinski definition) is 1. The third kappa shape index (κ3) is 5.69. The summed E-state index contributed by atoms with van der Waals surface area (Å²) in [4.78, 5) is 36.0. The molecule has 3 heterocycles.